The Balaban J connectivity index is 2.06. The molecule has 2 rings (SSSR count). The van der Waals surface area contributed by atoms with E-state index in [1.165, 1.54) is 24.5 Å². The van der Waals surface area contributed by atoms with Crippen LogP contribution in [0, 0.1) is 0 Å². The SMILES string of the molecule is CCCCCNC(=O)c1cccc(NS(=O)(=O)c2cccnc2)c1. The molecule has 0 spiro atoms. The maximum atomic E-state index is 12.3. The molecule has 0 saturated heterocycles. The minimum atomic E-state index is -3.72. The van der Waals surface area contributed by atoms with Crippen molar-refractivity contribution < 1.29 is 13.2 Å². The van der Waals surface area contributed by atoms with Crippen molar-refractivity contribution in [1.29, 1.82) is 0 Å². The molecule has 0 aliphatic heterocycles. The monoisotopic (exact) mass is 347 g/mol. The van der Waals surface area contributed by atoms with Crippen LogP contribution in [0.2, 0.25) is 0 Å². The fraction of sp³-hybridized carbons (Fsp3) is 0.294. The van der Waals surface area contributed by atoms with Crippen LogP contribution in [-0.2, 0) is 10.0 Å². The second-order valence-corrected chi connectivity index (χ2v) is 7.02. The summed E-state index contributed by atoms with van der Waals surface area (Å²) in [4.78, 5) is 16.0. The summed E-state index contributed by atoms with van der Waals surface area (Å²) in [6, 6.07) is 9.41. The number of unbranched alkanes of at least 4 members (excludes halogenated alkanes) is 2. The van der Waals surface area contributed by atoms with Crippen LogP contribution < -0.4 is 10.0 Å². The Bertz CT molecular complexity index is 777. The van der Waals surface area contributed by atoms with E-state index in [0.29, 0.717) is 17.8 Å². The van der Waals surface area contributed by atoms with Crippen LogP contribution in [0.1, 0.15) is 36.5 Å². The summed E-state index contributed by atoms with van der Waals surface area (Å²) in [6.07, 6.45) is 5.84. The van der Waals surface area contributed by atoms with Gasteiger partial charge in [0.2, 0.25) is 0 Å². The molecule has 1 heterocycles. The highest BCUT2D eigenvalue weighted by molar-refractivity contribution is 7.92. The zero-order chi connectivity index (χ0) is 17.4. The van der Waals surface area contributed by atoms with Crippen molar-refractivity contribution in [3.05, 3.63) is 54.4 Å². The number of aromatic nitrogens is 1. The van der Waals surface area contributed by atoms with Crippen molar-refractivity contribution in [3.8, 4) is 0 Å². The Hall–Kier alpha value is -2.41. The first kappa shape index (κ1) is 17.9. The molecule has 0 bridgehead atoms. The first-order valence-electron chi connectivity index (χ1n) is 7.84. The minimum absolute atomic E-state index is 0.0689. The Morgan fingerprint density at radius 1 is 1.17 bits per heavy atom. The van der Waals surface area contributed by atoms with Crippen molar-refractivity contribution in [2.24, 2.45) is 0 Å². The van der Waals surface area contributed by atoms with E-state index in [9.17, 15) is 13.2 Å². The van der Waals surface area contributed by atoms with Gasteiger partial charge in [-0.1, -0.05) is 25.8 Å². The number of nitrogens with one attached hydrogen (secondary N) is 2. The molecule has 2 aromatic rings. The fourth-order valence-corrected chi connectivity index (χ4v) is 3.14. The molecule has 0 saturated carbocycles. The average molecular weight is 347 g/mol. The number of hydrogen-bond acceptors (Lipinski definition) is 4. The van der Waals surface area contributed by atoms with Gasteiger partial charge in [-0.15, -0.1) is 0 Å². The van der Waals surface area contributed by atoms with Crippen LogP contribution >= 0.6 is 0 Å². The average Bonchev–Trinajstić information content (AvgIpc) is 2.59. The smallest absolute Gasteiger partial charge is 0.263 e. The lowest BCUT2D eigenvalue weighted by atomic mass is 10.2. The largest absolute Gasteiger partial charge is 0.352 e. The summed E-state index contributed by atoms with van der Waals surface area (Å²) >= 11 is 0. The first-order chi connectivity index (χ1) is 11.5. The standard InChI is InChI=1S/C17H21N3O3S/c1-2-3-4-11-19-17(21)14-7-5-8-15(12-14)20-24(22,23)16-9-6-10-18-13-16/h5-10,12-13,20H,2-4,11H2,1H3,(H,19,21). The van der Waals surface area contributed by atoms with Crippen LogP contribution in [0.25, 0.3) is 0 Å². The van der Waals surface area contributed by atoms with Crippen molar-refractivity contribution in [2.45, 2.75) is 31.1 Å². The molecule has 0 atom stereocenters. The Morgan fingerprint density at radius 3 is 2.71 bits per heavy atom. The Labute approximate surface area is 142 Å². The van der Waals surface area contributed by atoms with Gasteiger partial charge in [-0.25, -0.2) is 8.42 Å². The van der Waals surface area contributed by atoms with Crippen molar-refractivity contribution in [3.63, 3.8) is 0 Å². The molecule has 0 radical (unpaired) electrons. The summed E-state index contributed by atoms with van der Waals surface area (Å²) in [5, 5.41) is 2.83. The minimum Gasteiger partial charge on any atom is -0.352 e. The second-order valence-electron chi connectivity index (χ2n) is 5.34. The molecule has 0 fully saturated rings. The third kappa shape index (κ3) is 5.06. The molecule has 7 heteroatoms. The van der Waals surface area contributed by atoms with Gasteiger partial charge in [0.1, 0.15) is 4.90 Å². The summed E-state index contributed by atoms with van der Waals surface area (Å²) in [5.41, 5.74) is 0.748. The molecule has 0 aliphatic carbocycles. The van der Waals surface area contributed by atoms with Crippen LogP contribution in [-0.4, -0.2) is 25.9 Å². The predicted octanol–water partition coefficient (Wildman–Crippen LogP) is 2.80. The summed E-state index contributed by atoms with van der Waals surface area (Å²) in [5.74, 6) is -0.214. The number of amides is 1. The molecule has 24 heavy (non-hydrogen) atoms. The van der Waals surface area contributed by atoms with Gasteiger partial charge in [0.15, 0.2) is 0 Å². The van der Waals surface area contributed by atoms with E-state index in [2.05, 4.69) is 21.9 Å². The molecule has 6 nitrogen and oxygen atoms in total. The van der Waals surface area contributed by atoms with Gasteiger partial charge >= 0.3 is 0 Å². The van der Waals surface area contributed by atoms with Gasteiger partial charge < -0.3 is 5.32 Å². The predicted molar refractivity (Wildman–Crippen MR) is 93.3 cm³/mol. The number of nitrogens with zero attached hydrogens (tertiary/aromatic N) is 1. The number of rotatable bonds is 8. The third-order valence-corrected chi connectivity index (χ3v) is 4.75. The van der Waals surface area contributed by atoms with Gasteiger partial charge in [-0.2, -0.15) is 0 Å². The topological polar surface area (TPSA) is 88.2 Å². The maximum absolute atomic E-state index is 12.3. The van der Waals surface area contributed by atoms with Crippen molar-refractivity contribution >= 4 is 21.6 Å². The van der Waals surface area contributed by atoms with E-state index in [0.717, 1.165) is 19.3 Å². The maximum Gasteiger partial charge on any atom is 0.263 e. The van der Waals surface area contributed by atoms with Gasteiger partial charge in [0, 0.05) is 30.2 Å². The van der Waals surface area contributed by atoms with E-state index in [4.69, 9.17) is 0 Å². The number of sulfonamides is 1. The zero-order valence-corrected chi connectivity index (χ0v) is 14.3. The van der Waals surface area contributed by atoms with Crippen molar-refractivity contribution in [2.75, 3.05) is 11.3 Å². The van der Waals surface area contributed by atoms with Crippen LogP contribution in [0.5, 0.6) is 0 Å². The summed E-state index contributed by atoms with van der Waals surface area (Å²) < 4.78 is 27.0. The lowest BCUT2D eigenvalue weighted by molar-refractivity contribution is 0.0953. The number of carbonyl (C=O) groups is 1. The van der Waals surface area contributed by atoms with E-state index >= 15 is 0 Å². The fourth-order valence-electron chi connectivity index (χ4n) is 2.12. The molecular weight excluding hydrogens is 326 g/mol. The molecular formula is C17H21N3O3S. The highest BCUT2D eigenvalue weighted by Gasteiger charge is 2.15. The molecule has 128 valence electrons. The molecule has 1 aromatic heterocycles. The van der Waals surface area contributed by atoms with Crippen LogP contribution in [0.15, 0.2) is 53.7 Å². The van der Waals surface area contributed by atoms with Crippen LogP contribution in [0.3, 0.4) is 0 Å². The quantitative estimate of drug-likeness (QED) is 0.719. The summed E-state index contributed by atoms with van der Waals surface area (Å²) in [6.45, 7) is 2.71. The van der Waals surface area contributed by atoms with E-state index in [1.807, 2.05) is 0 Å². The molecule has 2 N–H and O–H groups in total. The van der Waals surface area contributed by atoms with E-state index in [1.54, 1.807) is 24.3 Å². The number of anilines is 1. The third-order valence-electron chi connectivity index (χ3n) is 3.39. The van der Waals surface area contributed by atoms with Crippen molar-refractivity contribution in [1.82, 2.24) is 10.3 Å². The zero-order valence-electron chi connectivity index (χ0n) is 13.5. The number of carbonyl (C=O) groups excluding carboxylic acids is 1. The Morgan fingerprint density at radius 2 is 2.00 bits per heavy atom. The van der Waals surface area contributed by atoms with Gasteiger partial charge in [-0.3, -0.25) is 14.5 Å². The molecule has 1 aromatic carbocycles. The first-order valence-corrected chi connectivity index (χ1v) is 9.32. The number of benzene rings is 1. The van der Waals surface area contributed by atoms with Gasteiger partial charge in [-0.05, 0) is 36.8 Å². The normalized spacial score (nSPS) is 11.0. The van der Waals surface area contributed by atoms with E-state index < -0.39 is 10.0 Å². The lowest BCUT2D eigenvalue weighted by Crippen LogP contribution is -2.24. The van der Waals surface area contributed by atoms with Crippen LogP contribution in [0.4, 0.5) is 5.69 Å². The van der Waals surface area contributed by atoms with Gasteiger partial charge in [0.25, 0.3) is 15.9 Å². The van der Waals surface area contributed by atoms with E-state index in [-0.39, 0.29) is 10.8 Å². The molecule has 0 aliphatic rings. The lowest BCUT2D eigenvalue weighted by Gasteiger charge is -2.09. The Kier molecular flexibility index (Phi) is 6.31. The molecule has 1 amide bonds. The molecule has 0 unspecified atom stereocenters. The number of pyridine rings is 1. The highest BCUT2D eigenvalue weighted by atomic mass is 32.2. The van der Waals surface area contributed by atoms with Gasteiger partial charge in [0.05, 0.1) is 0 Å². The highest BCUT2D eigenvalue weighted by Crippen LogP contribution is 2.16. The second kappa shape index (κ2) is 8.44. The summed E-state index contributed by atoms with van der Waals surface area (Å²) in [7, 11) is -3.72. The number of hydrogen-bond donors (Lipinski definition) is 2.